The molecule has 2 N–H and O–H groups in total. The van der Waals surface area contributed by atoms with Crippen LogP contribution in [0.15, 0.2) is 6.07 Å². The zero-order valence-electron chi connectivity index (χ0n) is 10.9. The Morgan fingerprint density at radius 1 is 1.24 bits per heavy atom. The maximum Gasteiger partial charge on any atom is 0.288 e. The van der Waals surface area contributed by atoms with Gasteiger partial charge in [-0.05, 0) is 50.5 Å². The predicted octanol–water partition coefficient (Wildman–Crippen LogP) is 3.06. The Labute approximate surface area is 101 Å². The first-order valence-corrected chi connectivity index (χ1v) is 5.52. The average molecular weight is 243 g/mol. The van der Waals surface area contributed by atoms with Crippen LogP contribution < -0.4 is 10.5 Å². The maximum atomic E-state index is 14.0. The third-order valence-corrected chi connectivity index (χ3v) is 3.16. The van der Waals surface area contributed by atoms with E-state index in [1.807, 2.05) is 0 Å². The maximum absolute atomic E-state index is 14.0. The minimum atomic E-state index is -3.02. The first kappa shape index (κ1) is 13.9. The van der Waals surface area contributed by atoms with Crippen molar-refractivity contribution in [3.63, 3.8) is 0 Å². The molecule has 1 aromatic rings. The quantitative estimate of drug-likeness (QED) is 0.885. The smallest absolute Gasteiger partial charge is 0.288 e. The van der Waals surface area contributed by atoms with Crippen LogP contribution in [0.4, 0.5) is 8.78 Å². The van der Waals surface area contributed by atoms with E-state index in [1.54, 1.807) is 20.8 Å². The second kappa shape index (κ2) is 4.61. The minimum absolute atomic E-state index is 0.0108. The molecule has 0 heterocycles. The Morgan fingerprint density at radius 3 is 2.18 bits per heavy atom. The van der Waals surface area contributed by atoms with E-state index >= 15 is 0 Å². The molecule has 0 fully saturated rings. The van der Waals surface area contributed by atoms with Crippen LogP contribution in [0.25, 0.3) is 0 Å². The lowest BCUT2D eigenvalue weighted by atomic mass is 9.92. The molecule has 0 aromatic heterocycles. The van der Waals surface area contributed by atoms with Gasteiger partial charge in [-0.1, -0.05) is 0 Å². The van der Waals surface area contributed by atoms with Gasteiger partial charge in [-0.15, -0.1) is 0 Å². The van der Waals surface area contributed by atoms with Crippen LogP contribution in [0, 0.1) is 20.8 Å². The number of nitrogens with two attached hydrogens (primary N) is 1. The molecule has 1 rings (SSSR count). The molecule has 1 atom stereocenters. The summed E-state index contributed by atoms with van der Waals surface area (Å²) < 4.78 is 33.1. The Morgan fingerprint density at radius 2 is 1.76 bits per heavy atom. The normalized spacial score (nSPS) is 13.6. The first-order chi connectivity index (χ1) is 7.73. The van der Waals surface area contributed by atoms with Gasteiger partial charge in [0.1, 0.15) is 5.75 Å². The molecule has 0 saturated heterocycles. The van der Waals surface area contributed by atoms with Crippen LogP contribution in [0.1, 0.15) is 29.2 Å². The van der Waals surface area contributed by atoms with Crippen LogP contribution in [-0.4, -0.2) is 13.2 Å². The van der Waals surface area contributed by atoms with Gasteiger partial charge in [-0.25, -0.2) is 0 Å². The summed E-state index contributed by atoms with van der Waals surface area (Å²) in [7, 11) is 1.54. The average Bonchev–Trinajstić information content (AvgIpc) is 2.23. The van der Waals surface area contributed by atoms with Crippen molar-refractivity contribution in [2.45, 2.75) is 39.7 Å². The highest BCUT2D eigenvalue weighted by atomic mass is 19.3. The van der Waals surface area contributed by atoms with E-state index in [0.29, 0.717) is 16.9 Å². The van der Waals surface area contributed by atoms with Crippen molar-refractivity contribution < 1.29 is 13.5 Å². The summed E-state index contributed by atoms with van der Waals surface area (Å²) in [6.07, 6.45) is 0. The van der Waals surface area contributed by atoms with E-state index in [2.05, 4.69) is 0 Å². The first-order valence-electron chi connectivity index (χ1n) is 5.52. The van der Waals surface area contributed by atoms with Gasteiger partial charge in [-0.3, -0.25) is 0 Å². The number of hydrogen-bond donors (Lipinski definition) is 1. The Balaban J connectivity index is 3.48. The van der Waals surface area contributed by atoms with Crippen LogP contribution in [0.2, 0.25) is 0 Å². The summed E-state index contributed by atoms with van der Waals surface area (Å²) in [5.74, 6) is -2.36. The molecule has 0 aliphatic heterocycles. The van der Waals surface area contributed by atoms with Gasteiger partial charge in [0.15, 0.2) is 0 Å². The summed E-state index contributed by atoms with van der Waals surface area (Å²) in [6, 6.07) is 0.248. The fourth-order valence-corrected chi connectivity index (χ4v) is 1.96. The fourth-order valence-electron chi connectivity index (χ4n) is 1.96. The zero-order chi connectivity index (χ0) is 13.4. The number of alkyl halides is 2. The van der Waals surface area contributed by atoms with E-state index in [-0.39, 0.29) is 5.56 Å². The molecule has 17 heavy (non-hydrogen) atoms. The van der Waals surface area contributed by atoms with Gasteiger partial charge in [0.25, 0.3) is 5.92 Å². The Hall–Kier alpha value is -1.16. The van der Waals surface area contributed by atoms with E-state index in [4.69, 9.17) is 10.5 Å². The molecular formula is C13H19F2NO. The number of rotatable bonds is 3. The van der Waals surface area contributed by atoms with Gasteiger partial charge >= 0.3 is 0 Å². The van der Waals surface area contributed by atoms with Gasteiger partial charge in [-0.2, -0.15) is 8.78 Å². The van der Waals surface area contributed by atoms with Crippen molar-refractivity contribution in [2.75, 3.05) is 7.11 Å². The van der Waals surface area contributed by atoms with Gasteiger partial charge < -0.3 is 10.5 Å². The van der Waals surface area contributed by atoms with Crippen molar-refractivity contribution in [1.29, 1.82) is 0 Å². The number of benzene rings is 1. The van der Waals surface area contributed by atoms with Crippen LogP contribution in [-0.2, 0) is 5.92 Å². The molecule has 0 saturated carbocycles. The third-order valence-electron chi connectivity index (χ3n) is 3.16. The topological polar surface area (TPSA) is 35.2 Å². The lowest BCUT2D eigenvalue weighted by molar-refractivity contribution is -0.0263. The zero-order valence-corrected chi connectivity index (χ0v) is 10.9. The van der Waals surface area contributed by atoms with Crippen LogP contribution >= 0.6 is 0 Å². The highest BCUT2D eigenvalue weighted by Gasteiger charge is 2.38. The monoisotopic (exact) mass is 243 g/mol. The summed E-state index contributed by atoms with van der Waals surface area (Å²) in [4.78, 5) is 0. The molecule has 0 bridgehead atoms. The standard InChI is InChI=1S/C13H19F2NO/c1-7-6-11(13(14,15)10(4)16)8(2)9(3)12(7)17-5/h6,10H,16H2,1-5H3. The fraction of sp³-hybridized carbons (Fsp3) is 0.538. The number of ether oxygens (including phenoxy) is 1. The molecule has 96 valence electrons. The van der Waals surface area contributed by atoms with Gasteiger partial charge in [0.05, 0.1) is 13.2 Å². The largest absolute Gasteiger partial charge is 0.496 e. The van der Waals surface area contributed by atoms with Crippen molar-refractivity contribution in [3.8, 4) is 5.75 Å². The molecule has 0 spiro atoms. The van der Waals surface area contributed by atoms with Crippen LogP contribution in [0.5, 0.6) is 5.75 Å². The summed E-state index contributed by atoms with van der Waals surface area (Å²) in [5.41, 5.74) is 7.33. The molecule has 4 heteroatoms. The highest BCUT2D eigenvalue weighted by molar-refractivity contribution is 5.50. The molecular weight excluding hydrogens is 224 g/mol. The molecule has 1 aromatic carbocycles. The minimum Gasteiger partial charge on any atom is -0.496 e. The summed E-state index contributed by atoms with van der Waals surface area (Å²) >= 11 is 0. The van der Waals surface area contributed by atoms with Crippen LogP contribution in [0.3, 0.4) is 0 Å². The molecule has 0 aliphatic carbocycles. The third kappa shape index (κ3) is 2.27. The second-order valence-corrected chi connectivity index (χ2v) is 4.44. The second-order valence-electron chi connectivity index (χ2n) is 4.44. The van der Waals surface area contributed by atoms with Crippen molar-refractivity contribution in [2.24, 2.45) is 5.73 Å². The van der Waals surface area contributed by atoms with E-state index in [1.165, 1.54) is 20.1 Å². The van der Waals surface area contributed by atoms with E-state index < -0.39 is 12.0 Å². The molecule has 0 aliphatic rings. The van der Waals surface area contributed by atoms with Crippen molar-refractivity contribution in [1.82, 2.24) is 0 Å². The summed E-state index contributed by atoms with van der Waals surface area (Å²) in [5, 5.41) is 0. The number of hydrogen-bond acceptors (Lipinski definition) is 2. The number of halogens is 2. The van der Waals surface area contributed by atoms with Gasteiger partial charge in [0.2, 0.25) is 0 Å². The number of aryl methyl sites for hydroxylation is 1. The van der Waals surface area contributed by atoms with E-state index in [9.17, 15) is 8.78 Å². The lowest BCUT2D eigenvalue weighted by Gasteiger charge is -2.25. The van der Waals surface area contributed by atoms with Crippen molar-refractivity contribution in [3.05, 3.63) is 28.3 Å². The van der Waals surface area contributed by atoms with Crippen molar-refractivity contribution >= 4 is 0 Å². The molecule has 0 amide bonds. The number of methoxy groups -OCH3 is 1. The molecule has 0 radical (unpaired) electrons. The predicted molar refractivity (Wildman–Crippen MR) is 64.7 cm³/mol. The Kier molecular flexibility index (Phi) is 3.77. The summed E-state index contributed by atoms with van der Waals surface area (Å²) in [6.45, 7) is 6.52. The van der Waals surface area contributed by atoms with E-state index in [0.717, 1.165) is 5.56 Å². The molecule has 2 nitrogen and oxygen atoms in total. The Bertz CT molecular complexity index is 428. The molecule has 1 unspecified atom stereocenters. The SMILES string of the molecule is COc1c(C)cc(C(F)(F)C(C)N)c(C)c1C. The lowest BCUT2D eigenvalue weighted by Crippen LogP contribution is -2.36. The van der Waals surface area contributed by atoms with Gasteiger partial charge in [0, 0.05) is 5.56 Å². The highest BCUT2D eigenvalue weighted by Crippen LogP contribution is 2.38.